The number of carboxylic acids is 1. The van der Waals surface area contributed by atoms with Crippen LogP contribution in [0.1, 0.15) is 18.0 Å². The topological polar surface area (TPSA) is 76.5 Å². The van der Waals surface area contributed by atoms with E-state index in [1.54, 1.807) is 0 Å². The molecule has 0 saturated heterocycles. The normalized spacial score (nSPS) is 12.9. The van der Waals surface area contributed by atoms with E-state index in [1.807, 2.05) is 24.3 Å². The maximum atomic E-state index is 10.5. The molecule has 1 atom stereocenters. The van der Waals surface area contributed by atoms with Crippen LogP contribution in [0.4, 0.5) is 0 Å². The van der Waals surface area contributed by atoms with Crippen molar-refractivity contribution in [1.29, 1.82) is 0 Å². The van der Waals surface area contributed by atoms with Crippen LogP contribution in [0.3, 0.4) is 0 Å². The van der Waals surface area contributed by atoms with E-state index in [2.05, 4.69) is 0 Å². The molecule has 3 N–H and O–H groups in total. The Morgan fingerprint density at radius 2 is 2.20 bits per heavy atom. The van der Waals surface area contributed by atoms with Gasteiger partial charge in [0.15, 0.2) is 0 Å². The molecule has 0 unspecified atom stereocenters. The molecule has 0 spiro atoms. The van der Waals surface area contributed by atoms with Crippen LogP contribution in [0.5, 0.6) is 0 Å². The SMILES string of the molecule is N[C@H](CC(=O)O)c1coc2ccccc12. The minimum absolute atomic E-state index is 0.0937. The van der Waals surface area contributed by atoms with Gasteiger partial charge in [0, 0.05) is 17.0 Å². The predicted molar refractivity (Wildman–Crippen MR) is 55.4 cm³/mol. The van der Waals surface area contributed by atoms with Crippen LogP contribution < -0.4 is 5.73 Å². The smallest absolute Gasteiger partial charge is 0.305 e. The van der Waals surface area contributed by atoms with Crippen LogP contribution >= 0.6 is 0 Å². The Labute approximate surface area is 86.3 Å². The summed E-state index contributed by atoms with van der Waals surface area (Å²) in [6.07, 6.45) is 1.43. The molecule has 2 rings (SSSR count). The first-order chi connectivity index (χ1) is 7.18. The van der Waals surface area contributed by atoms with Gasteiger partial charge in [-0.05, 0) is 6.07 Å². The molecule has 1 heterocycles. The molecule has 2 aromatic rings. The summed E-state index contributed by atoms with van der Waals surface area (Å²) >= 11 is 0. The molecule has 0 bridgehead atoms. The number of carboxylic acid groups (broad SMARTS) is 1. The predicted octanol–water partition coefficient (Wildman–Crippen LogP) is 1.91. The zero-order valence-electron chi connectivity index (χ0n) is 8.01. The molecular formula is C11H11NO3. The fourth-order valence-electron chi connectivity index (χ4n) is 1.58. The van der Waals surface area contributed by atoms with Gasteiger partial charge in [-0.1, -0.05) is 18.2 Å². The van der Waals surface area contributed by atoms with Gasteiger partial charge in [0.25, 0.3) is 0 Å². The van der Waals surface area contributed by atoms with E-state index in [4.69, 9.17) is 15.3 Å². The Bertz CT molecular complexity index is 489. The van der Waals surface area contributed by atoms with Gasteiger partial charge >= 0.3 is 5.97 Å². The average Bonchev–Trinajstić information content (AvgIpc) is 2.59. The summed E-state index contributed by atoms with van der Waals surface area (Å²) in [6.45, 7) is 0. The summed E-state index contributed by atoms with van der Waals surface area (Å²) < 4.78 is 5.28. The van der Waals surface area contributed by atoms with Crippen molar-refractivity contribution in [1.82, 2.24) is 0 Å². The van der Waals surface area contributed by atoms with E-state index in [0.29, 0.717) is 0 Å². The van der Waals surface area contributed by atoms with Gasteiger partial charge < -0.3 is 15.3 Å². The standard InChI is InChI=1S/C11H11NO3/c12-9(5-11(13)14)8-6-15-10-4-2-1-3-7(8)10/h1-4,6,9H,5,12H2,(H,13,14)/t9-/m1/s1. The highest BCUT2D eigenvalue weighted by Crippen LogP contribution is 2.26. The third kappa shape index (κ3) is 1.85. The zero-order valence-corrected chi connectivity index (χ0v) is 8.01. The van der Waals surface area contributed by atoms with Gasteiger partial charge in [-0.25, -0.2) is 0 Å². The lowest BCUT2D eigenvalue weighted by atomic mass is 10.0. The van der Waals surface area contributed by atoms with E-state index in [1.165, 1.54) is 6.26 Å². The second-order valence-corrected chi connectivity index (χ2v) is 3.39. The van der Waals surface area contributed by atoms with Crippen LogP contribution in [0.25, 0.3) is 11.0 Å². The second kappa shape index (κ2) is 3.74. The molecule has 0 aliphatic carbocycles. The highest BCUT2D eigenvalue weighted by atomic mass is 16.4. The van der Waals surface area contributed by atoms with Crippen molar-refractivity contribution in [3.63, 3.8) is 0 Å². The van der Waals surface area contributed by atoms with E-state index in [-0.39, 0.29) is 6.42 Å². The Hall–Kier alpha value is -1.81. The van der Waals surface area contributed by atoms with Gasteiger partial charge in [0.2, 0.25) is 0 Å². The van der Waals surface area contributed by atoms with E-state index < -0.39 is 12.0 Å². The van der Waals surface area contributed by atoms with Gasteiger partial charge in [0.1, 0.15) is 5.58 Å². The highest BCUT2D eigenvalue weighted by molar-refractivity contribution is 5.82. The second-order valence-electron chi connectivity index (χ2n) is 3.39. The summed E-state index contributed by atoms with van der Waals surface area (Å²) in [5.41, 5.74) is 7.24. The lowest BCUT2D eigenvalue weighted by Gasteiger charge is -2.05. The number of fused-ring (bicyclic) bond motifs is 1. The Balaban J connectivity index is 2.39. The number of aliphatic carboxylic acids is 1. The van der Waals surface area contributed by atoms with E-state index in [9.17, 15) is 4.79 Å². The number of carbonyl (C=O) groups is 1. The Morgan fingerprint density at radius 1 is 1.47 bits per heavy atom. The number of nitrogens with two attached hydrogens (primary N) is 1. The summed E-state index contributed by atoms with van der Waals surface area (Å²) in [7, 11) is 0. The number of rotatable bonds is 3. The van der Waals surface area contributed by atoms with Gasteiger partial charge in [-0.15, -0.1) is 0 Å². The quantitative estimate of drug-likeness (QED) is 0.802. The first-order valence-electron chi connectivity index (χ1n) is 4.62. The molecule has 0 saturated carbocycles. The van der Waals surface area contributed by atoms with Crippen molar-refractivity contribution >= 4 is 16.9 Å². The molecule has 1 aromatic carbocycles. The monoisotopic (exact) mass is 205 g/mol. The number of hydrogen-bond acceptors (Lipinski definition) is 3. The van der Waals surface area contributed by atoms with Crippen LogP contribution in [-0.4, -0.2) is 11.1 Å². The van der Waals surface area contributed by atoms with Crippen molar-refractivity contribution in [2.45, 2.75) is 12.5 Å². The molecule has 0 radical (unpaired) electrons. The Morgan fingerprint density at radius 3 is 2.93 bits per heavy atom. The molecule has 0 aliphatic rings. The summed E-state index contributed by atoms with van der Waals surface area (Å²) in [6, 6.07) is 6.90. The summed E-state index contributed by atoms with van der Waals surface area (Å²) in [5, 5.41) is 9.52. The minimum Gasteiger partial charge on any atom is -0.481 e. The molecule has 4 heteroatoms. The molecular weight excluding hydrogens is 194 g/mol. The molecule has 78 valence electrons. The van der Waals surface area contributed by atoms with Crippen LogP contribution in [0.2, 0.25) is 0 Å². The average molecular weight is 205 g/mol. The summed E-state index contributed by atoms with van der Waals surface area (Å²) in [4.78, 5) is 10.5. The maximum absolute atomic E-state index is 10.5. The molecule has 1 aromatic heterocycles. The van der Waals surface area contributed by atoms with Crippen molar-refractivity contribution in [2.75, 3.05) is 0 Å². The first kappa shape index (κ1) is 9.73. The van der Waals surface area contributed by atoms with Crippen LogP contribution in [-0.2, 0) is 4.79 Å². The number of furan rings is 1. The fraction of sp³-hybridized carbons (Fsp3) is 0.182. The van der Waals surface area contributed by atoms with Crippen LogP contribution in [0.15, 0.2) is 34.9 Å². The molecule has 15 heavy (non-hydrogen) atoms. The van der Waals surface area contributed by atoms with Crippen molar-refractivity contribution < 1.29 is 14.3 Å². The van der Waals surface area contributed by atoms with E-state index >= 15 is 0 Å². The molecule has 4 nitrogen and oxygen atoms in total. The molecule has 0 aliphatic heterocycles. The van der Waals surface area contributed by atoms with Crippen LogP contribution in [0, 0.1) is 0 Å². The number of benzene rings is 1. The minimum atomic E-state index is -0.909. The number of hydrogen-bond donors (Lipinski definition) is 2. The zero-order chi connectivity index (χ0) is 10.8. The lowest BCUT2D eigenvalue weighted by Crippen LogP contribution is -2.14. The maximum Gasteiger partial charge on any atom is 0.305 e. The summed E-state index contributed by atoms with van der Waals surface area (Å²) in [5.74, 6) is -0.909. The number of para-hydroxylation sites is 1. The third-order valence-electron chi connectivity index (χ3n) is 2.30. The lowest BCUT2D eigenvalue weighted by molar-refractivity contribution is -0.137. The first-order valence-corrected chi connectivity index (χ1v) is 4.62. The van der Waals surface area contributed by atoms with Gasteiger partial charge in [-0.2, -0.15) is 0 Å². The highest BCUT2D eigenvalue weighted by Gasteiger charge is 2.15. The van der Waals surface area contributed by atoms with Crippen molar-refractivity contribution in [2.24, 2.45) is 5.73 Å². The fourth-order valence-corrected chi connectivity index (χ4v) is 1.58. The van der Waals surface area contributed by atoms with Gasteiger partial charge in [-0.3, -0.25) is 4.79 Å². The molecule has 0 amide bonds. The molecule has 0 fully saturated rings. The van der Waals surface area contributed by atoms with Crippen molar-refractivity contribution in [3.8, 4) is 0 Å². The Kier molecular flexibility index (Phi) is 2.43. The van der Waals surface area contributed by atoms with E-state index in [0.717, 1.165) is 16.5 Å². The largest absolute Gasteiger partial charge is 0.481 e. The van der Waals surface area contributed by atoms with Crippen molar-refractivity contribution in [3.05, 3.63) is 36.1 Å². The third-order valence-corrected chi connectivity index (χ3v) is 2.30. The van der Waals surface area contributed by atoms with Gasteiger partial charge in [0.05, 0.1) is 12.7 Å².